The summed E-state index contributed by atoms with van der Waals surface area (Å²) in [6.45, 7) is 9.31. The highest BCUT2D eigenvalue weighted by Gasteiger charge is 2.33. The van der Waals surface area contributed by atoms with Crippen LogP contribution in [-0.2, 0) is 26.2 Å². The maximum atomic E-state index is 14.0. The first-order valence-corrected chi connectivity index (χ1v) is 14.7. The van der Waals surface area contributed by atoms with Crippen LogP contribution in [0.25, 0.3) is 0 Å². The molecule has 0 aromatic heterocycles. The molecule has 1 N–H and O–H groups in total. The number of carbonyl (C=O) groups is 2. The van der Waals surface area contributed by atoms with Crippen molar-refractivity contribution in [3.63, 3.8) is 0 Å². The molecule has 7 nitrogen and oxygen atoms in total. The monoisotopic (exact) mass is 569 g/mol. The molecule has 0 bridgehead atoms. The minimum Gasteiger partial charge on any atom is -0.354 e. The van der Waals surface area contributed by atoms with E-state index in [-0.39, 0.29) is 17.3 Å². The summed E-state index contributed by atoms with van der Waals surface area (Å²) in [6, 6.07) is 18.2. The normalized spacial score (nSPS) is 12.1. The van der Waals surface area contributed by atoms with Crippen molar-refractivity contribution >= 4 is 39.1 Å². The van der Waals surface area contributed by atoms with E-state index in [1.54, 1.807) is 38.1 Å². The number of carbonyl (C=O) groups excluding carboxylic acids is 2. The standard InChI is InChI=1S/C30H36ClN3O4S/c1-6-17-32-30(36)24(5)33(19-25-12-7-21(2)8-13-25)29(35)20-34(28-18-26(31)14-11-23(28)4)39(37,38)27-15-9-22(3)10-16-27/h7-16,18,24H,6,17,19-20H2,1-5H3,(H,32,36). The van der Waals surface area contributed by atoms with Crippen LogP contribution in [0.2, 0.25) is 5.02 Å². The zero-order valence-electron chi connectivity index (χ0n) is 23.1. The Morgan fingerprint density at radius 1 is 0.923 bits per heavy atom. The van der Waals surface area contributed by atoms with E-state index in [0.717, 1.165) is 27.4 Å². The third-order valence-electron chi connectivity index (χ3n) is 6.52. The van der Waals surface area contributed by atoms with E-state index >= 15 is 0 Å². The summed E-state index contributed by atoms with van der Waals surface area (Å²) in [5.41, 5.74) is 3.75. The van der Waals surface area contributed by atoms with Gasteiger partial charge in [0.2, 0.25) is 11.8 Å². The van der Waals surface area contributed by atoms with Crippen molar-refractivity contribution < 1.29 is 18.0 Å². The number of hydrogen-bond donors (Lipinski definition) is 1. The number of hydrogen-bond acceptors (Lipinski definition) is 4. The number of sulfonamides is 1. The van der Waals surface area contributed by atoms with Crippen LogP contribution in [0.15, 0.2) is 71.6 Å². The second-order valence-electron chi connectivity index (χ2n) is 9.73. The van der Waals surface area contributed by atoms with Crippen molar-refractivity contribution in [2.24, 2.45) is 0 Å². The van der Waals surface area contributed by atoms with Gasteiger partial charge in [0.05, 0.1) is 10.6 Å². The Balaban J connectivity index is 2.05. The molecule has 3 aromatic carbocycles. The number of rotatable bonds is 11. The number of halogens is 1. The van der Waals surface area contributed by atoms with E-state index in [9.17, 15) is 18.0 Å². The lowest BCUT2D eigenvalue weighted by Crippen LogP contribution is -2.51. The quantitative estimate of drug-likeness (QED) is 0.335. The summed E-state index contributed by atoms with van der Waals surface area (Å²) in [5.74, 6) is -0.811. The van der Waals surface area contributed by atoms with Crippen molar-refractivity contribution in [3.05, 3.63) is 94.0 Å². The van der Waals surface area contributed by atoms with Gasteiger partial charge in [0.1, 0.15) is 12.6 Å². The van der Waals surface area contributed by atoms with Gasteiger partial charge in [-0.25, -0.2) is 8.42 Å². The Kier molecular flexibility index (Phi) is 10.2. The van der Waals surface area contributed by atoms with Gasteiger partial charge in [-0.2, -0.15) is 0 Å². The summed E-state index contributed by atoms with van der Waals surface area (Å²) >= 11 is 6.27. The summed E-state index contributed by atoms with van der Waals surface area (Å²) < 4.78 is 29.0. The second kappa shape index (κ2) is 13.1. The van der Waals surface area contributed by atoms with Crippen LogP contribution in [0, 0.1) is 20.8 Å². The molecule has 3 rings (SSSR count). The van der Waals surface area contributed by atoms with Crippen LogP contribution in [0.4, 0.5) is 5.69 Å². The fourth-order valence-electron chi connectivity index (χ4n) is 4.07. The van der Waals surface area contributed by atoms with Gasteiger partial charge >= 0.3 is 0 Å². The van der Waals surface area contributed by atoms with Crippen LogP contribution < -0.4 is 9.62 Å². The predicted octanol–water partition coefficient (Wildman–Crippen LogP) is 5.40. The van der Waals surface area contributed by atoms with E-state index in [0.29, 0.717) is 22.8 Å². The summed E-state index contributed by atoms with van der Waals surface area (Å²) in [5, 5.41) is 3.19. The fourth-order valence-corrected chi connectivity index (χ4v) is 5.71. The Morgan fingerprint density at radius 3 is 2.10 bits per heavy atom. The molecule has 1 atom stereocenters. The van der Waals surface area contributed by atoms with E-state index in [2.05, 4.69) is 5.32 Å². The van der Waals surface area contributed by atoms with Gasteiger partial charge in [-0.1, -0.05) is 72.1 Å². The first-order chi connectivity index (χ1) is 18.4. The van der Waals surface area contributed by atoms with Gasteiger partial charge in [-0.05, 0) is 69.5 Å². The molecule has 0 saturated heterocycles. The van der Waals surface area contributed by atoms with E-state index in [1.165, 1.54) is 23.1 Å². The zero-order chi connectivity index (χ0) is 28.7. The molecule has 0 aliphatic carbocycles. The largest absolute Gasteiger partial charge is 0.354 e. The highest BCUT2D eigenvalue weighted by atomic mass is 35.5. The van der Waals surface area contributed by atoms with Gasteiger partial charge in [-0.15, -0.1) is 0 Å². The number of amides is 2. The molecule has 9 heteroatoms. The molecule has 0 saturated carbocycles. The molecule has 0 radical (unpaired) electrons. The highest BCUT2D eigenvalue weighted by molar-refractivity contribution is 7.92. The first-order valence-electron chi connectivity index (χ1n) is 12.9. The summed E-state index contributed by atoms with van der Waals surface area (Å²) in [6.07, 6.45) is 0.751. The molecule has 0 fully saturated rings. The zero-order valence-corrected chi connectivity index (χ0v) is 24.6. The summed E-state index contributed by atoms with van der Waals surface area (Å²) in [7, 11) is -4.15. The summed E-state index contributed by atoms with van der Waals surface area (Å²) in [4.78, 5) is 28.4. The van der Waals surface area contributed by atoms with Crippen molar-refractivity contribution in [1.29, 1.82) is 0 Å². The predicted molar refractivity (Wildman–Crippen MR) is 156 cm³/mol. The minimum atomic E-state index is -4.15. The average Bonchev–Trinajstić information content (AvgIpc) is 2.91. The SMILES string of the molecule is CCCNC(=O)C(C)N(Cc1ccc(C)cc1)C(=O)CN(c1cc(Cl)ccc1C)S(=O)(=O)c1ccc(C)cc1. The number of benzene rings is 3. The van der Waals surface area contributed by atoms with Crippen molar-refractivity contribution in [1.82, 2.24) is 10.2 Å². The molecule has 208 valence electrons. The van der Waals surface area contributed by atoms with Gasteiger partial charge < -0.3 is 10.2 Å². The molecule has 0 aliphatic heterocycles. The van der Waals surface area contributed by atoms with E-state index < -0.39 is 28.5 Å². The Bertz CT molecular complexity index is 1410. The van der Waals surface area contributed by atoms with Gasteiger partial charge in [-0.3, -0.25) is 13.9 Å². The molecule has 0 aliphatic rings. The molecular weight excluding hydrogens is 534 g/mol. The van der Waals surface area contributed by atoms with Gasteiger partial charge in [0.15, 0.2) is 0 Å². The molecule has 2 amide bonds. The Hall–Kier alpha value is -3.36. The smallest absolute Gasteiger partial charge is 0.264 e. The van der Waals surface area contributed by atoms with Crippen molar-refractivity contribution in [2.75, 3.05) is 17.4 Å². The maximum Gasteiger partial charge on any atom is 0.264 e. The van der Waals surface area contributed by atoms with Crippen molar-refractivity contribution in [2.45, 2.75) is 58.5 Å². The van der Waals surface area contributed by atoms with Crippen molar-refractivity contribution in [3.8, 4) is 0 Å². The fraction of sp³-hybridized carbons (Fsp3) is 0.333. The van der Waals surface area contributed by atoms with E-state index in [4.69, 9.17) is 11.6 Å². The minimum absolute atomic E-state index is 0.0547. The van der Waals surface area contributed by atoms with Crippen LogP contribution in [-0.4, -0.2) is 44.3 Å². The number of nitrogens with one attached hydrogen (secondary N) is 1. The lowest BCUT2D eigenvalue weighted by Gasteiger charge is -2.32. The Morgan fingerprint density at radius 2 is 1.51 bits per heavy atom. The molecule has 0 spiro atoms. The average molecular weight is 570 g/mol. The van der Waals surface area contributed by atoms with Gasteiger partial charge in [0.25, 0.3) is 10.0 Å². The molecule has 39 heavy (non-hydrogen) atoms. The first kappa shape index (κ1) is 30.2. The third kappa shape index (κ3) is 7.61. The third-order valence-corrected chi connectivity index (χ3v) is 8.53. The maximum absolute atomic E-state index is 14.0. The van der Waals surface area contributed by atoms with Gasteiger partial charge in [0, 0.05) is 18.1 Å². The molecule has 1 unspecified atom stereocenters. The van der Waals surface area contributed by atoms with Crippen LogP contribution in [0.1, 0.15) is 42.5 Å². The lowest BCUT2D eigenvalue weighted by molar-refractivity contribution is -0.139. The molecule has 3 aromatic rings. The highest BCUT2D eigenvalue weighted by Crippen LogP contribution is 2.30. The number of nitrogens with zero attached hydrogens (tertiary/aromatic N) is 2. The van der Waals surface area contributed by atoms with Crippen LogP contribution >= 0.6 is 11.6 Å². The van der Waals surface area contributed by atoms with Crippen LogP contribution in [0.3, 0.4) is 0 Å². The van der Waals surface area contributed by atoms with E-state index in [1.807, 2.05) is 45.0 Å². The Labute approximate surface area is 236 Å². The molecule has 0 heterocycles. The van der Waals surface area contributed by atoms with Crippen LogP contribution in [0.5, 0.6) is 0 Å². The second-order valence-corrected chi connectivity index (χ2v) is 12.0. The lowest BCUT2D eigenvalue weighted by atomic mass is 10.1. The number of anilines is 1. The molecular formula is C30H36ClN3O4S. The topological polar surface area (TPSA) is 86.8 Å². The number of aryl methyl sites for hydroxylation is 3.